The first kappa shape index (κ1) is 13.2. The van der Waals surface area contributed by atoms with Gasteiger partial charge in [0, 0.05) is 5.41 Å². The van der Waals surface area contributed by atoms with Gasteiger partial charge in [-0.05, 0) is 6.92 Å². The van der Waals surface area contributed by atoms with E-state index >= 15 is 0 Å². The van der Waals surface area contributed by atoms with Gasteiger partial charge in [-0.15, -0.1) is 5.10 Å². The van der Waals surface area contributed by atoms with Crippen LogP contribution in [0.25, 0.3) is 0 Å². The minimum atomic E-state index is -0.111. The van der Waals surface area contributed by atoms with Gasteiger partial charge in [-0.3, -0.25) is 0 Å². The summed E-state index contributed by atoms with van der Waals surface area (Å²) in [6, 6.07) is 0. The Morgan fingerprint density at radius 1 is 1.44 bits per heavy atom. The van der Waals surface area contributed by atoms with Crippen LogP contribution in [0.1, 0.15) is 49.9 Å². The van der Waals surface area contributed by atoms with Crippen molar-refractivity contribution in [1.82, 2.24) is 25.1 Å². The minimum Gasteiger partial charge on any atom is -0.337 e. The predicted molar refractivity (Wildman–Crippen MR) is 69.5 cm³/mol. The second kappa shape index (κ2) is 4.79. The summed E-state index contributed by atoms with van der Waals surface area (Å²) in [5.74, 6) is 1.24. The molecule has 18 heavy (non-hydrogen) atoms. The van der Waals surface area contributed by atoms with E-state index in [1.165, 1.54) is 0 Å². The number of hydrogen-bond donors (Lipinski definition) is 0. The fourth-order valence-electron chi connectivity index (χ4n) is 1.34. The summed E-state index contributed by atoms with van der Waals surface area (Å²) in [7, 11) is 0. The van der Waals surface area contributed by atoms with Crippen LogP contribution in [0.5, 0.6) is 0 Å². The molecule has 0 amide bonds. The number of alkyl halides is 1. The molecule has 6 nitrogen and oxygen atoms in total. The highest BCUT2D eigenvalue weighted by atomic mass is 79.9. The smallest absolute Gasteiger partial charge is 0.248 e. The maximum Gasteiger partial charge on any atom is 0.248 e. The Morgan fingerprint density at radius 3 is 2.67 bits per heavy atom. The Bertz CT molecular complexity index is 526. The zero-order valence-corrected chi connectivity index (χ0v) is 12.5. The largest absolute Gasteiger partial charge is 0.337 e. The molecule has 98 valence electrons. The molecule has 0 spiro atoms. The molecule has 0 fully saturated rings. The van der Waals surface area contributed by atoms with Crippen molar-refractivity contribution in [2.45, 2.75) is 44.5 Å². The van der Waals surface area contributed by atoms with Gasteiger partial charge < -0.3 is 4.52 Å². The van der Waals surface area contributed by atoms with E-state index in [4.69, 9.17) is 4.52 Å². The Balaban J connectivity index is 2.11. The molecule has 0 aliphatic heterocycles. The van der Waals surface area contributed by atoms with Gasteiger partial charge >= 0.3 is 0 Å². The lowest BCUT2D eigenvalue weighted by molar-refractivity contribution is 0.352. The van der Waals surface area contributed by atoms with Gasteiger partial charge in [0.15, 0.2) is 5.82 Å². The van der Waals surface area contributed by atoms with Crippen LogP contribution < -0.4 is 0 Å². The molecule has 0 aliphatic rings. The van der Waals surface area contributed by atoms with Crippen molar-refractivity contribution >= 4 is 15.9 Å². The van der Waals surface area contributed by atoms with Gasteiger partial charge in [0.05, 0.1) is 16.7 Å². The van der Waals surface area contributed by atoms with E-state index in [0.717, 1.165) is 5.69 Å². The minimum absolute atomic E-state index is 0.111. The second-order valence-electron chi connectivity index (χ2n) is 5.22. The van der Waals surface area contributed by atoms with E-state index in [1.807, 2.05) is 33.9 Å². The van der Waals surface area contributed by atoms with Crippen LogP contribution >= 0.6 is 15.9 Å². The summed E-state index contributed by atoms with van der Waals surface area (Å²) in [4.78, 5) is 4.53. The number of nitrogens with zero attached hydrogens (tertiary/aromatic N) is 5. The predicted octanol–water partition coefficient (Wildman–Crippen LogP) is 2.46. The SMILES string of the molecule is CC(Br)c1cn(Cc2nc(C(C)(C)C)no2)nn1. The van der Waals surface area contributed by atoms with Crippen molar-refractivity contribution in [3.05, 3.63) is 23.6 Å². The third-order valence-corrected chi connectivity index (χ3v) is 2.87. The van der Waals surface area contributed by atoms with Crippen LogP contribution in [-0.2, 0) is 12.0 Å². The summed E-state index contributed by atoms with van der Waals surface area (Å²) < 4.78 is 6.89. The van der Waals surface area contributed by atoms with Gasteiger partial charge in [-0.2, -0.15) is 4.98 Å². The molecule has 2 rings (SSSR count). The van der Waals surface area contributed by atoms with Crippen LogP contribution in [0.3, 0.4) is 0 Å². The van der Waals surface area contributed by atoms with E-state index in [1.54, 1.807) is 4.68 Å². The van der Waals surface area contributed by atoms with Crippen LogP contribution in [0.2, 0.25) is 0 Å². The van der Waals surface area contributed by atoms with Crippen LogP contribution in [-0.4, -0.2) is 25.1 Å². The van der Waals surface area contributed by atoms with Gasteiger partial charge in [0.2, 0.25) is 5.89 Å². The third kappa shape index (κ3) is 2.95. The Kier molecular flexibility index (Phi) is 3.52. The monoisotopic (exact) mass is 313 g/mol. The average molecular weight is 314 g/mol. The number of hydrogen-bond acceptors (Lipinski definition) is 5. The van der Waals surface area contributed by atoms with Crippen LogP contribution in [0.4, 0.5) is 0 Å². The average Bonchev–Trinajstić information content (AvgIpc) is 2.85. The fraction of sp³-hybridized carbons (Fsp3) is 0.636. The number of aromatic nitrogens is 5. The zero-order chi connectivity index (χ0) is 13.3. The van der Waals surface area contributed by atoms with Crippen molar-refractivity contribution in [3.8, 4) is 0 Å². The summed E-state index contributed by atoms with van der Waals surface area (Å²) >= 11 is 3.44. The molecule has 0 N–H and O–H groups in total. The highest BCUT2D eigenvalue weighted by Crippen LogP contribution is 2.20. The van der Waals surface area contributed by atoms with Gasteiger partial charge in [0.25, 0.3) is 0 Å². The summed E-state index contributed by atoms with van der Waals surface area (Å²) in [5.41, 5.74) is 0.769. The van der Waals surface area contributed by atoms with Crippen molar-refractivity contribution in [2.24, 2.45) is 0 Å². The topological polar surface area (TPSA) is 69.6 Å². The van der Waals surface area contributed by atoms with E-state index in [0.29, 0.717) is 18.3 Å². The molecule has 1 unspecified atom stereocenters. The molecule has 0 aromatic carbocycles. The van der Waals surface area contributed by atoms with Crippen LogP contribution in [0.15, 0.2) is 10.7 Å². The second-order valence-corrected chi connectivity index (χ2v) is 6.59. The van der Waals surface area contributed by atoms with Crippen molar-refractivity contribution in [1.29, 1.82) is 0 Å². The lowest BCUT2D eigenvalue weighted by atomic mass is 9.96. The molecule has 2 aromatic heterocycles. The van der Waals surface area contributed by atoms with Gasteiger partial charge in [-0.25, -0.2) is 4.68 Å². The highest BCUT2D eigenvalue weighted by molar-refractivity contribution is 9.09. The molecule has 0 saturated carbocycles. The normalized spacial score (nSPS) is 13.8. The molecule has 0 aliphatic carbocycles. The summed E-state index contributed by atoms with van der Waals surface area (Å²) in [6.07, 6.45) is 1.86. The number of halogens is 1. The lowest BCUT2D eigenvalue weighted by Gasteiger charge is -2.10. The van der Waals surface area contributed by atoms with Crippen molar-refractivity contribution in [3.63, 3.8) is 0 Å². The van der Waals surface area contributed by atoms with E-state index in [9.17, 15) is 0 Å². The van der Waals surface area contributed by atoms with Crippen molar-refractivity contribution in [2.75, 3.05) is 0 Å². The van der Waals surface area contributed by atoms with Crippen LogP contribution in [0, 0.1) is 0 Å². The Hall–Kier alpha value is -1.24. The molecule has 2 aromatic rings. The first-order chi connectivity index (χ1) is 8.36. The fourth-order valence-corrected chi connectivity index (χ4v) is 1.55. The summed E-state index contributed by atoms with van der Waals surface area (Å²) in [6.45, 7) is 8.57. The molecular formula is C11H16BrN5O. The zero-order valence-electron chi connectivity index (χ0n) is 10.9. The first-order valence-corrected chi connectivity index (χ1v) is 6.65. The maximum atomic E-state index is 5.20. The molecular weight excluding hydrogens is 298 g/mol. The quantitative estimate of drug-likeness (QED) is 0.814. The van der Waals surface area contributed by atoms with E-state index in [-0.39, 0.29) is 10.2 Å². The number of rotatable bonds is 3. The lowest BCUT2D eigenvalue weighted by Crippen LogP contribution is -2.13. The van der Waals surface area contributed by atoms with E-state index in [2.05, 4.69) is 36.4 Å². The molecule has 2 heterocycles. The maximum absolute atomic E-state index is 5.20. The highest BCUT2D eigenvalue weighted by Gasteiger charge is 2.21. The molecule has 7 heteroatoms. The molecule has 0 saturated heterocycles. The Morgan fingerprint density at radius 2 is 2.17 bits per heavy atom. The third-order valence-electron chi connectivity index (χ3n) is 2.40. The molecule has 0 bridgehead atoms. The summed E-state index contributed by atoms with van der Waals surface area (Å²) in [5, 5.41) is 12.0. The standard InChI is InChI=1S/C11H16BrN5O/c1-7(12)8-5-17(16-14-8)6-9-13-10(15-18-9)11(2,3)4/h5,7H,6H2,1-4H3. The Labute approximate surface area is 114 Å². The first-order valence-electron chi connectivity index (χ1n) is 5.73. The van der Waals surface area contributed by atoms with E-state index < -0.39 is 0 Å². The van der Waals surface area contributed by atoms with Crippen molar-refractivity contribution < 1.29 is 4.52 Å². The molecule has 1 atom stereocenters. The van der Waals surface area contributed by atoms with Gasteiger partial charge in [0.1, 0.15) is 6.54 Å². The molecule has 0 radical (unpaired) electrons. The van der Waals surface area contributed by atoms with Gasteiger partial charge in [-0.1, -0.05) is 47.1 Å².